The highest BCUT2D eigenvalue weighted by atomic mass is 32.2. The maximum absolute atomic E-state index is 11.7. The van der Waals surface area contributed by atoms with Gasteiger partial charge < -0.3 is 5.11 Å². The number of aliphatic hydroxyl groups excluding tert-OH is 1. The van der Waals surface area contributed by atoms with Crippen LogP contribution in [0.25, 0.3) is 0 Å². The number of H-pyrrole nitrogens is 1. The van der Waals surface area contributed by atoms with E-state index in [2.05, 4.69) is 17.6 Å². The number of hydrogen-bond donors (Lipinski definition) is 3. The number of aromatic nitrogens is 2. The first kappa shape index (κ1) is 12.8. The predicted molar refractivity (Wildman–Crippen MR) is 71.0 cm³/mol. The van der Waals surface area contributed by atoms with Crippen molar-refractivity contribution in [3.05, 3.63) is 32.6 Å². The second-order valence-electron chi connectivity index (χ2n) is 4.09. The third kappa shape index (κ3) is 2.46. The first-order valence-corrected chi connectivity index (χ1v) is 6.87. The van der Waals surface area contributed by atoms with E-state index in [-0.39, 0.29) is 16.2 Å². The zero-order chi connectivity index (χ0) is 12.6. The number of nitrogens with one attached hydrogen (secondary N) is 1. The molecule has 2 rings (SSSR count). The van der Waals surface area contributed by atoms with Crippen LogP contribution < -0.4 is 11.2 Å². The Balaban J connectivity index is 2.34. The molecule has 1 aliphatic rings. The normalized spacial score (nSPS) is 28.5. The van der Waals surface area contributed by atoms with Crippen LogP contribution in [0.5, 0.6) is 0 Å². The van der Waals surface area contributed by atoms with Gasteiger partial charge in [-0.1, -0.05) is 0 Å². The Kier molecular flexibility index (Phi) is 3.70. The number of rotatable bonds is 2. The van der Waals surface area contributed by atoms with Gasteiger partial charge in [0.1, 0.15) is 0 Å². The lowest BCUT2D eigenvalue weighted by atomic mass is 10.2. The molecule has 0 bridgehead atoms. The maximum Gasteiger partial charge on any atom is 0.329 e. The van der Waals surface area contributed by atoms with Gasteiger partial charge in [0.15, 0.2) is 0 Å². The molecule has 2 heterocycles. The molecule has 3 atom stereocenters. The van der Waals surface area contributed by atoms with Crippen LogP contribution in [0.1, 0.15) is 17.4 Å². The number of nitrogens with zero attached hydrogens (tertiary/aromatic N) is 1. The minimum absolute atomic E-state index is 0.0301. The largest absolute Gasteiger partial charge is 0.392 e. The highest BCUT2D eigenvalue weighted by Gasteiger charge is 2.34. The van der Waals surface area contributed by atoms with Gasteiger partial charge in [0, 0.05) is 29.2 Å². The summed E-state index contributed by atoms with van der Waals surface area (Å²) in [6.45, 7) is 1.65. The molecule has 17 heavy (non-hydrogen) atoms. The smallest absolute Gasteiger partial charge is 0.329 e. The summed E-state index contributed by atoms with van der Waals surface area (Å²) in [5, 5.41) is 9.67. The molecule has 1 fully saturated rings. The number of aliphatic hydroxyl groups is 1. The van der Waals surface area contributed by atoms with Crippen molar-refractivity contribution < 1.29 is 5.11 Å². The third-order valence-corrected chi connectivity index (χ3v) is 5.04. The zero-order valence-corrected chi connectivity index (χ0v) is 11.0. The third-order valence-electron chi connectivity index (χ3n) is 2.84. The van der Waals surface area contributed by atoms with Crippen molar-refractivity contribution in [2.45, 2.75) is 30.1 Å². The predicted octanol–water partition coefficient (Wildman–Crippen LogP) is 0.140. The van der Waals surface area contributed by atoms with Crippen LogP contribution in [0.3, 0.4) is 0 Å². The van der Waals surface area contributed by atoms with Crippen LogP contribution >= 0.6 is 24.4 Å². The van der Waals surface area contributed by atoms with Gasteiger partial charge in [-0.25, -0.2) is 4.79 Å². The van der Waals surface area contributed by atoms with Crippen LogP contribution in [0, 0.1) is 6.92 Å². The average Bonchev–Trinajstić information content (AvgIpc) is 2.65. The van der Waals surface area contributed by atoms with E-state index in [0.717, 1.165) is 0 Å². The quantitative estimate of drug-likeness (QED) is 0.671. The molecule has 5 nitrogen and oxygen atoms in total. The summed E-state index contributed by atoms with van der Waals surface area (Å²) in [6, 6.07) is 0. The summed E-state index contributed by atoms with van der Waals surface area (Å²) < 4.78 is 1.48. The summed E-state index contributed by atoms with van der Waals surface area (Å²) >= 11 is 5.68. The molecule has 2 N–H and O–H groups in total. The fourth-order valence-electron chi connectivity index (χ4n) is 1.85. The molecule has 1 aromatic heterocycles. The van der Waals surface area contributed by atoms with Crippen molar-refractivity contribution in [2.24, 2.45) is 0 Å². The molecule has 0 unspecified atom stereocenters. The summed E-state index contributed by atoms with van der Waals surface area (Å²) in [5.74, 6) is 0.569. The summed E-state index contributed by atoms with van der Waals surface area (Å²) in [7, 11) is 0. The number of aryl methyl sites for hydroxylation is 1. The van der Waals surface area contributed by atoms with Crippen molar-refractivity contribution in [1.82, 2.24) is 9.55 Å². The average molecular weight is 274 g/mol. The van der Waals surface area contributed by atoms with E-state index < -0.39 is 11.8 Å². The van der Waals surface area contributed by atoms with E-state index in [4.69, 9.17) is 0 Å². The fraction of sp³-hybridized carbons (Fsp3) is 0.600. The molecule has 0 amide bonds. The molecule has 94 valence electrons. The number of thioether (sulfide) groups is 1. The number of thiol groups is 1. The van der Waals surface area contributed by atoms with Gasteiger partial charge in [0.2, 0.25) is 0 Å². The van der Waals surface area contributed by atoms with Crippen LogP contribution in [0.15, 0.2) is 15.8 Å². The lowest BCUT2D eigenvalue weighted by Gasteiger charge is -2.13. The van der Waals surface area contributed by atoms with E-state index in [1.165, 1.54) is 16.3 Å². The second-order valence-corrected chi connectivity index (χ2v) is 5.88. The highest BCUT2D eigenvalue weighted by Crippen LogP contribution is 2.41. The van der Waals surface area contributed by atoms with E-state index >= 15 is 0 Å². The molecule has 1 saturated heterocycles. The fourth-order valence-corrected chi connectivity index (χ4v) is 3.73. The van der Waals surface area contributed by atoms with Crippen molar-refractivity contribution in [2.75, 3.05) is 5.75 Å². The Morgan fingerprint density at radius 2 is 2.35 bits per heavy atom. The van der Waals surface area contributed by atoms with Gasteiger partial charge in [-0.15, -0.1) is 11.8 Å². The highest BCUT2D eigenvalue weighted by molar-refractivity contribution is 8.01. The first-order valence-electron chi connectivity index (χ1n) is 5.29. The maximum atomic E-state index is 11.7. The number of aromatic amines is 1. The summed E-state index contributed by atoms with van der Waals surface area (Å²) in [4.78, 5) is 25.2. The van der Waals surface area contributed by atoms with Crippen LogP contribution in [-0.2, 0) is 0 Å². The van der Waals surface area contributed by atoms with Crippen molar-refractivity contribution in [3.8, 4) is 0 Å². The Morgan fingerprint density at radius 1 is 1.65 bits per heavy atom. The Labute approximate surface area is 108 Å². The number of hydrogen-bond acceptors (Lipinski definition) is 5. The van der Waals surface area contributed by atoms with Crippen LogP contribution in [0.4, 0.5) is 0 Å². The molecular weight excluding hydrogens is 260 g/mol. The molecular formula is C10H14N2O3S2. The SMILES string of the molecule is Cc1cn([C@H]2C[C@H](O)[C@@H](CS)S2)c(=O)[nH]c1=O. The minimum atomic E-state index is -0.457. The molecule has 0 saturated carbocycles. The Morgan fingerprint density at radius 3 is 2.94 bits per heavy atom. The van der Waals surface area contributed by atoms with Gasteiger partial charge in [-0.05, 0) is 6.92 Å². The minimum Gasteiger partial charge on any atom is -0.392 e. The van der Waals surface area contributed by atoms with E-state index in [1.807, 2.05) is 0 Å². The molecule has 1 aromatic rings. The zero-order valence-electron chi connectivity index (χ0n) is 9.29. The molecule has 0 spiro atoms. The van der Waals surface area contributed by atoms with Crippen LogP contribution in [0.2, 0.25) is 0 Å². The molecule has 0 radical (unpaired) electrons. The summed E-state index contributed by atoms with van der Waals surface area (Å²) in [6.07, 6.45) is 1.59. The van der Waals surface area contributed by atoms with Gasteiger partial charge >= 0.3 is 5.69 Å². The van der Waals surface area contributed by atoms with Gasteiger partial charge in [0.05, 0.1) is 11.5 Å². The molecule has 0 aliphatic carbocycles. The van der Waals surface area contributed by atoms with Crippen molar-refractivity contribution in [3.63, 3.8) is 0 Å². The van der Waals surface area contributed by atoms with Gasteiger partial charge in [-0.2, -0.15) is 12.6 Å². The monoisotopic (exact) mass is 274 g/mol. The van der Waals surface area contributed by atoms with Crippen molar-refractivity contribution >= 4 is 24.4 Å². The lowest BCUT2D eigenvalue weighted by molar-refractivity contribution is 0.170. The first-order chi connectivity index (χ1) is 8.02. The lowest BCUT2D eigenvalue weighted by Crippen LogP contribution is -2.32. The van der Waals surface area contributed by atoms with Gasteiger partial charge in [0.25, 0.3) is 5.56 Å². The molecule has 0 aromatic carbocycles. The van der Waals surface area contributed by atoms with Gasteiger partial charge in [-0.3, -0.25) is 14.3 Å². The van der Waals surface area contributed by atoms with Crippen molar-refractivity contribution in [1.29, 1.82) is 0 Å². The van der Waals surface area contributed by atoms with E-state index in [1.54, 1.807) is 13.1 Å². The second kappa shape index (κ2) is 4.91. The Bertz CT molecular complexity index is 525. The molecule has 7 heteroatoms. The topological polar surface area (TPSA) is 75.1 Å². The summed E-state index contributed by atoms with van der Waals surface area (Å²) in [5.41, 5.74) is -0.292. The van der Waals surface area contributed by atoms with E-state index in [9.17, 15) is 14.7 Å². The van der Waals surface area contributed by atoms with E-state index in [0.29, 0.717) is 17.7 Å². The Hall–Kier alpha value is -0.660. The standard InChI is InChI=1S/C10H14N2O3S2/c1-5-3-12(10(15)11-9(5)14)8-2-6(13)7(4-16)17-8/h3,6-8,13,16H,2,4H2,1H3,(H,11,14,15)/t6-,7+,8+/m0/s1. The van der Waals surface area contributed by atoms with Crippen LogP contribution in [-0.4, -0.2) is 31.8 Å². The molecule has 1 aliphatic heterocycles.